The number of hydrogen-bond acceptors (Lipinski definition) is 2. The van der Waals surface area contributed by atoms with Crippen molar-refractivity contribution < 1.29 is 29.0 Å². The molecule has 86 valence electrons. The van der Waals surface area contributed by atoms with Crippen LogP contribution in [-0.2, 0) is 29.0 Å². The van der Waals surface area contributed by atoms with Crippen molar-refractivity contribution in [2.45, 2.75) is 19.8 Å². The Morgan fingerprint density at radius 3 is 2.50 bits per heavy atom. The second-order valence-corrected chi connectivity index (χ2v) is 3.08. The zero-order chi connectivity index (χ0) is 10.2. The summed E-state index contributed by atoms with van der Waals surface area (Å²) in [4.78, 5) is 11.2. The molecule has 0 aromatic heterocycles. The molecule has 4 heteroatoms. The normalized spacial score (nSPS) is 8.31. The summed E-state index contributed by atoms with van der Waals surface area (Å²) in [7, 11) is 0. The molecule has 2 nitrogen and oxygen atoms in total. The molecular formula is C12H16BrO2Zn-. The molecule has 0 aliphatic carbocycles. The minimum atomic E-state index is -0.260. The molecule has 0 spiro atoms. The summed E-state index contributed by atoms with van der Waals surface area (Å²) in [6.45, 7) is 2.58. The van der Waals surface area contributed by atoms with Gasteiger partial charge in [0.25, 0.3) is 5.97 Å². The number of ether oxygens (including phenoxy) is 1. The number of esters is 1. The summed E-state index contributed by atoms with van der Waals surface area (Å²) in [5, 5.41) is 0. The molecule has 0 saturated carbocycles. The summed E-state index contributed by atoms with van der Waals surface area (Å²) in [5.74, 6) is -0.260. The predicted molar refractivity (Wildman–Crippen MR) is 66.0 cm³/mol. The van der Waals surface area contributed by atoms with Gasteiger partial charge in [-0.3, -0.25) is 4.79 Å². The van der Waals surface area contributed by atoms with E-state index in [1.165, 1.54) is 6.42 Å². The van der Waals surface area contributed by atoms with Gasteiger partial charge in [-0.25, -0.2) is 0 Å². The third-order valence-corrected chi connectivity index (χ3v) is 1.83. The zero-order valence-electron chi connectivity index (χ0n) is 9.52. The predicted octanol–water partition coefficient (Wildman–Crippen LogP) is 3.16. The van der Waals surface area contributed by atoms with E-state index in [1.807, 2.05) is 30.3 Å². The molecule has 16 heavy (non-hydrogen) atoms. The second-order valence-electron chi connectivity index (χ2n) is 3.08. The monoisotopic (exact) mass is 335 g/mol. The van der Waals surface area contributed by atoms with E-state index in [1.54, 1.807) is 0 Å². The van der Waals surface area contributed by atoms with Gasteiger partial charge in [-0.15, -0.1) is 29.1 Å². The van der Waals surface area contributed by atoms with Crippen LogP contribution in [0, 0.1) is 6.42 Å². The number of carbonyl (C=O) groups excluding carboxylic acids is 1. The molecule has 0 saturated heterocycles. The minimum Gasteiger partial charge on any atom is -0.472 e. The van der Waals surface area contributed by atoms with Gasteiger partial charge in [0.05, 0.1) is 6.61 Å². The van der Waals surface area contributed by atoms with Gasteiger partial charge in [-0.2, -0.15) is 17.7 Å². The Hall–Kier alpha value is -0.337. The molecule has 1 aromatic rings. The Balaban J connectivity index is 0. The Kier molecular flexibility index (Phi) is 12.6. The average molecular weight is 338 g/mol. The van der Waals surface area contributed by atoms with E-state index >= 15 is 0 Å². The van der Waals surface area contributed by atoms with Crippen molar-refractivity contribution in [1.82, 2.24) is 0 Å². The Morgan fingerprint density at radius 2 is 1.94 bits per heavy atom. The number of unbranched alkanes of at least 4 members (excludes halogenated alkanes) is 1. The van der Waals surface area contributed by atoms with Crippen molar-refractivity contribution in [3.05, 3.63) is 42.3 Å². The first-order valence-electron chi connectivity index (χ1n) is 4.89. The van der Waals surface area contributed by atoms with E-state index in [9.17, 15) is 4.79 Å². The van der Waals surface area contributed by atoms with Gasteiger partial charge in [-0.05, 0) is 6.42 Å². The minimum absolute atomic E-state index is 0. The molecule has 0 heterocycles. The number of carbonyl (C=O) groups is 1. The van der Waals surface area contributed by atoms with E-state index in [2.05, 4.69) is 6.92 Å². The van der Waals surface area contributed by atoms with Crippen LogP contribution in [0.3, 0.4) is 0 Å². The van der Waals surface area contributed by atoms with Crippen LogP contribution >= 0.6 is 17.0 Å². The fourth-order valence-corrected chi connectivity index (χ4v) is 1.04. The van der Waals surface area contributed by atoms with Gasteiger partial charge in [0.15, 0.2) is 0 Å². The van der Waals surface area contributed by atoms with Gasteiger partial charge in [0.2, 0.25) is 0 Å². The molecule has 0 N–H and O–H groups in total. The SMILES string of the molecule is Br.CCCCOC(=O)[CH-]c1ccccc1.[Zn]. The van der Waals surface area contributed by atoms with E-state index in [0.29, 0.717) is 6.61 Å². The molecule has 0 unspecified atom stereocenters. The molecule has 0 amide bonds. The summed E-state index contributed by atoms with van der Waals surface area (Å²) in [6.07, 6.45) is 3.47. The molecular weight excluding hydrogens is 321 g/mol. The van der Waals surface area contributed by atoms with Crippen molar-refractivity contribution in [2.75, 3.05) is 6.61 Å². The second kappa shape index (κ2) is 11.2. The average Bonchev–Trinajstić information content (AvgIpc) is 2.20. The third-order valence-electron chi connectivity index (χ3n) is 1.83. The van der Waals surface area contributed by atoms with Crippen molar-refractivity contribution in [3.8, 4) is 0 Å². The molecule has 1 rings (SSSR count). The Bertz CT molecular complexity index is 278. The van der Waals surface area contributed by atoms with Crippen molar-refractivity contribution in [1.29, 1.82) is 0 Å². The molecule has 0 radical (unpaired) electrons. The van der Waals surface area contributed by atoms with Crippen LogP contribution in [0.5, 0.6) is 0 Å². The maximum atomic E-state index is 11.2. The molecule has 0 bridgehead atoms. The Morgan fingerprint density at radius 1 is 1.31 bits per heavy atom. The third kappa shape index (κ3) is 7.89. The van der Waals surface area contributed by atoms with Gasteiger partial charge >= 0.3 is 0 Å². The summed E-state index contributed by atoms with van der Waals surface area (Å²) in [6, 6.07) is 9.46. The first-order valence-corrected chi connectivity index (χ1v) is 4.89. The summed E-state index contributed by atoms with van der Waals surface area (Å²) >= 11 is 0. The van der Waals surface area contributed by atoms with Gasteiger partial charge in [0.1, 0.15) is 0 Å². The van der Waals surface area contributed by atoms with Crippen LogP contribution in [0.4, 0.5) is 0 Å². The maximum Gasteiger partial charge on any atom is 0.274 e. The van der Waals surface area contributed by atoms with Crippen molar-refractivity contribution >= 4 is 23.0 Å². The van der Waals surface area contributed by atoms with Crippen molar-refractivity contribution in [3.63, 3.8) is 0 Å². The summed E-state index contributed by atoms with van der Waals surface area (Å²) in [5.41, 5.74) is 0.883. The fraction of sp³-hybridized carbons (Fsp3) is 0.333. The van der Waals surface area contributed by atoms with E-state index in [4.69, 9.17) is 4.74 Å². The maximum absolute atomic E-state index is 11.2. The molecule has 1 aromatic carbocycles. The number of benzene rings is 1. The number of hydrogen-bond donors (Lipinski definition) is 0. The van der Waals surface area contributed by atoms with Gasteiger partial charge < -0.3 is 4.74 Å². The first kappa shape index (κ1) is 18.0. The number of rotatable bonds is 5. The van der Waals surface area contributed by atoms with Crippen LogP contribution in [0.15, 0.2) is 30.3 Å². The molecule has 0 fully saturated rings. The largest absolute Gasteiger partial charge is 0.472 e. The van der Waals surface area contributed by atoms with E-state index in [-0.39, 0.29) is 42.4 Å². The summed E-state index contributed by atoms with van der Waals surface area (Å²) < 4.78 is 4.99. The number of halogens is 1. The smallest absolute Gasteiger partial charge is 0.274 e. The molecule has 0 aliphatic rings. The fourth-order valence-electron chi connectivity index (χ4n) is 1.04. The van der Waals surface area contributed by atoms with E-state index in [0.717, 1.165) is 18.4 Å². The Labute approximate surface area is 120 Å². The quantitative estimate of drug-likeness (QED) is 0.357. The zero-order valence-corrected chi connectivity index (χ0v) is 14.2. The van der Waals surface area contributed by atoms with Crippen LogP contribution in [0.25, 0.3) is 0 Å². The standard InChI is InChI=1S/C12H15O2.BrH.Zn/c1-2-3-9-14-12(13)10-11-7-5-4-6-8-11;;/h4-8,10H,2-3,9H2,1H3;1H;/q-1;;. The van der Waals surface area contributed by atoms with E-state index < -0.39 is 0 Å². The topological polar surface area (TPSA) is 26.3 Å². The van der Waals surface area contributed by atoms with Crippen molar-refractivity contribution in [2.24, 2.45) is 0 Å². The molecule has 0 atom stereocenters. The van der Waals surface area contributed by atoms with Gasteiger partial charge in [0, 0.05) is 19.5 Å². The van der Waals surface area contributed by atoms with Crippen LogP contribution in [0.2, 0.25) is 0 Å². The first-order chi connectivity index (χ1) is 6.83. The van der Waals surface area contributed by atoms with Crippen LogP contribution < -0.4 is 0 Å². The van der Waals surface area contributed by atoms with Crippen LogP contribution in [-0.4, -0.2) is 12.6 Å². The van der Waals surface area contributed by atoms with Crippen LogP contribution in [0.1, 0.15) is 25.3 Å². The van der Waals surface area contributed by atoms with Gasteiger partial charge in [-0.1, -0.05) is 25.8 Å². The molecule has 0 aliphatic heterocycles.